The zero-order chi connectivity index (χ0) is 11.7. The second-order valence-corrected chi connectivity index (χ2v) is 4.52. The fourth-order valence-corrected chi connectivity index (χ4v) is 2.66. The number of hydrogen-bond acceptors (Lipinski definition) is 2. The van der Waals surface area contributed by atoms with Crippen LogP contribution in [0.15, 0.2) is 36.4 Å². The highest BCUT2D eigenvalue weighted by atomic mass is 16.5. The molecule has 17 heavy (non-hydrogen) atoms. The Labute approximate surface area is 102 Å². The fraction of sp³-hybridized carbons (Fsp3) is 0.333. The molecule has 1 aliphatic heterocycles. The van der Waals surface area contributed by atoms with Crippen LogP contribution >= 0.6 is 0 Å². The van der Waals surface area contributed by atoms with Crippen molar-refractivity contribution in [3.05, 3.63) is 47.5 Å². The Balaban J connectivity index is 2.23. The van der Waals surface area contributed by atoms with Gasteiger partial charge in [-0.15, -0.1) is 0 Å². The first-order valence-electron chi connectivity index (χ1n) is 6.15. The SMILES string of the molecule is CNC1COCCc2c1ccc1ccccc21. The molecule has 1 heterocycles. The van der Waals surface area contributed by atoms with Gasteiger partial charge >= 0.3 is 0 Å². The molecule has 2 aromatic rings. The topological polar surface area (TPSA) is 21.3 Å². The summed E-state index contributed by atoms with van der Waals surface area (Å²) in [7, 11) is 2.00. The first kappa shape index (κ1) is 10.8. The van der Waals surface area contributed by atoms with Crippen LogP contribution in [0.25, 0.3) is 10.8 Å². The van der Waals surface area contributed by atoms with Crippen molar-refractivity contribution in [3.8, 4) is 0 Å². The molecule has 0 bridgehead atoms. The molecule has 0 amide bonds. The summed E-state index contributed by atoms with van der Waals surface area (Å²) in [6, 6.07) is 13.4. The Morgan fingerprint density at radius 1 is 1.18 bits per heavy atom. The highest BCUT2D eigenvalue weighted by molar-refractivity contribution is 5.87. The lowest BCUT2D eigenvalue weighted by molar-refractivity contribution is 0.124. The Kier molecular flexibility index (Phi) is 2.83. The first-order chi connectivity index (χ1) is 8.40. The van der Waals surface area contributed by atoms with Crippen molar-refractivity contribution in [3.63, 3.8) is 0 Å². The van der Waals surface area contributed by atoms with Gasteiger partial charge < -0.3 is 10.1 Å². The van der Waals surface area contributed by atoms with E-state index < -0.39 is 0 Å². The molecule has 1 N–H and O–H groups in total. The van der Waals surface area contributed by atoms with Crippen LogP contribution in [0.2, 0.25) is 0 Å². The van der Waals surface area contributed by atoms with Gasteiger partial charge in [0.2, 0.25) is 0 Å². The first-order valence-corrected chi connectivity index (χ1v) is 6.15. The lowest BCUT2D eigenvalue weighted by Gasteiger charge is -2.17. The van der Waals surface area contributed by atoms with Crippen molar-refractivity contribution in [2.45, 2.75) is 12.5 Å². The predicted molar refractivity (Wildman–Crippen MR) is 70.3 cm³/mol. The summed E-state index contributed by atoms with van der Waals surface area (Å²) in [4.78, 5) is 0. The summed E-state index contributed by atoms with van der Waals surface area (Å²) in [5, 5.41) is 6.03. The molecule has 88 valence electrons. The van der Waals surface area contributed by atoms with E-state index in [0.717, 1.165) is 19.6 Å². The fourth-order valence-electron chi connectivity index (χ4n) is 2.66. The van der Waals surface area contributed by atoms with Crippen molar-refractivity contribution in [2.24, 2.45) is 0 Å². The average molecular weight is 227 g/mol. The summed E-state index contributed by atoms with van der Waals surface area (Å²) >= 11 is 0. The molecule has 2 nitrogen and oxygen atoms in total. The Morgan fingerprint density at radius 2 is 2.06 bits per heavy atom. The van der Waals surface area contributed by atoms with Crippen LogP contribution in [-0.4, -0.2) is 20.3 Å². The van der Waals surface area contributed by atoms with E-state index in [9.17, 15) is 0 Å². The molecule has 2 aromatic carbocycles. The number of benzene rings is 2. The van der Waals surface area contributed by atoms with Gasteiger partial charge in [0.1, 0.15) is 0 Å². The molecule has 0 aromatic heterocycles. The number of fused-ring (bicyclic) bond motifs is 3. The second kappa shape index (κ2) is 4.47. The average Bonchev–Trinajstić information content (AvgIpc) is 2.60. The lowest BCUT2D eigenvalue weighted by atomic mass is 9.93. The van der Waals surface area contributed by atoms with E-state index in [1.165, 1.54) is 21.9 Å². The monoisotopic (exact) mass is 227 g/mol. The number of ether oxygens (including phenoxy) is 1. The summed E-state index contributed by atoms with van der Waals surface area (Å²) in [6.07, 6.45) is 1.01. The predicted octanol–water partition coefficient (Wildman–Crippen LogP) is 2.67. The quantitative estimate of drug-likeness (QED) is 0.808. The Morgan fingerprint density at radius 3 is 2.94 bits per heavy atom. The largest absolute Gasteiger partial charge is 0.379 e. The minimum Gasteiger partial charge on any atom is -0.379 e. The molecule has 1 atom stereocenters. The normalized spacial score (nSPS) is 19.9. The molecule has 0 saturated carbocycles. The molecule has 3 rings (SSSR count). The maximum atomic E-state index is 5.67. The van der Waals surface area contributed by atoms with Crippen molar-refractivity contribution in [2.75, 3.05) is 20.3 Å². The van der Waals surface area contributed by atoms with Gasteiger partial charge in [0.05, 0.1) is 19.3 Å². The van der Waals surface area contributed by atoms with Gasteiger partial charge in [-0.3, -0.25) is 0 Å². The summed E-state index contributed by atoms with van der Waals surface area (Å²) in [5.41, 5.74) is 2.84. The molecule has 0 spiro atoms. The maximum absolute atomic E-state index is 5.67. The number of likely N-dealkylation sites (N-methyl/N-ethyl adjacent to an activating group) is 1. The van der Waals surface area contributed by atoms with E-state index in [2.05, 4.69) is 41.7 Å². The number of nitrogens with one attached hydrogen (secondary N) is 1. The van der Waals surface area contributed by atoms with E-state index in [4.69, 9.17) is 4.74 Å². The summed E-state index contributed by atoms with van der Waals surface area (Å²) in [5.74, 6) is 0. The molecule has 0 saturated heterocycles. The van der Waals surface area contributed by atoms with Gasteiger partial charge in [-0.05, 0) is 35.4 Å². The molecule has 1 aliphatic rings. The van der Waals surface area contributed by atoms with Gasteiger partial charge in [0, 0.05) is 0 Å². The third-order valence-corrected chi connectivity index (χ3v) is 3.58. The molecular weight excluding hydrogens is 210 g/mol. The highest BCUT2D eigenvalue weighted by Gasteiger charge is 2.18. The van der Waals surface area contributed by atoms with Crippen LogP contribution in [0.5, 0.6) is 0 Å². The number of rotatable bonds is 1. The van der Waals surface area contributed by atoms with Crippen LogP contribution in [0.3, 0.4) is 0 Å². The van der Waals surface area contributed by atoms with Crippen molar-refractivity contribution >= 4 is 10.8 Å². The molecule has 0 fully saturated rings. The van der Waals surface area contributed by atoms with Crippen LogP contribution in [0.1, 0.15) is 17.2 Å². The smallest absolute Gasteiger partial charge is 0.0661 e. The molecule has 2 heteroatoms. The van der Waals surface area contributed by atoms with Gasteiger partial charge in [-0.25, -0.2) is 0 Å². The molecule has 0 radical (unpaired) electrons. The van der Waals surface area contributed by atoms with E-state index in [0.29, 0.717) is 6.04 Å². The standard InChI is InChI=1S/C15H17NO/c1-16-15-10-17-9-8-13-12-5-3-2-4-11(12)6-7-14(13)15/h2-7,15-16H,8-10H2,1H3. The van der Waals surface area contributed by atoms with Crippen LogP contribution < -0.4 is 5.32 Å². The maximum Gasteiger partial charge on any atom is 0.0661 e. The summed E-state index contributed by atoms with van der Waals surface area (Å²) in [6.45, 7) is 1.58. The third kappa shape index (κ3) is 1.84. The van der Waals surface area contributed by atoms with E-state index in [1.54, 1.807) is 0 Å². The molecule has 1 unspecified atom stereocenters. The zero-order valence-corrected chi connectivity index (χ0v) is 10.1. The Bertz CT molecular complexity index is 535. The van der Waals surface area contributed by atoms with E-state index in [1.807, 2.05) is 7.05 Å². The van der Waals surface area contributed by atoms with Gasteiger partial charge in [0.15, 0.2) is 0 Å². The third-order valence-electron chi connectivity index (χ3n) is 3.58. The molecular formula is C15H17NO. The van der Waals surface area contributed by atoms with Crippen molar-refractivity contribution in [1.29, 1.82) is 0 Å². The van der Waals surface area contributed by atoms with Crippen LogP contribution in [-0.2, 0) is 11.2 Å². The second-order valence-electron chi connectivity index (χ2n) is 4.52. The Hall–Kier alpha value is -1.38. The lowest BCUT2D eigenvalue weighted by Crippen LogP contribution is -2.21. The van der Waals surface area contributed by atoms with Crippen LogP contribution in [0, 0.1) is 0 Å². The van der Waals surface area contributed by atoms with Crippen LogP contribution in [0.4, 0.5) is 0 Å². The van der Waals surface area contributed by atoms with Gasteiger partial charge in [-0.2, -0.15) is 0 Å². The van der Waals surface area contributed by atoms with Gasteiger partial charge in [-0.1, -0.05) is 36.4 Å². The van der Waals surface area contributed by atoms with Crippen molar-refractivity contribution < 1.29 is 4.74 Å². The van der Waals surface area contributed by atoms with Crippen molar-refractivity contribution in [1.82, 2.24) is 5.32 Å². The summed E-state index contributed by atoms with van der Waals surface area (Å²) < 4.78 is 5.67. The zero-order valence-electron chi connectivity index (χ0n) is 10.1. The minimum atomic E-state index is 0.317. The highest BCUT2D eigenvalue weighted by Crippen LogP contribution is 2.29. The van der Waals surface area contributed by atoms with E-state index in [-0.39, 0.29) is 0 Å². The minimum absolute atomic E-state index is 0.317. The number of hydrogen-bond donors (Lipinski definition) is 1. The van der Waals surface area contributed by atoms with E-state index >= 15 is 0 Å². The molecule has 0 aliphatic carbocycles. The van der Waals surface area contributed by atoms with Gasteiger partial charge in [0.25, 0.3) is 0 Å².